The van der Waals surface area contributed by atoms with Crippen molar-refractivity contribution < 1.29 is 4.79 Å². The fourth-order valence-corrected chi connectivity index (χ4v) is 3.09. The van der Waals surface area contributed by atoms with Crippen LogP contribution < -0.4 is 4.90 Å². The minimum absolute atomic E-state index is 0.555. The highest BCUT2D eigenvalue weighted by Gasteiger charge is 2.25. The molecule has 0 bridgehead atoms. The number of carbonyl (C=O) groups excluding carboxylic acids is 1. The molecule has 1 aromatic rings. The van der Waals surface area contributed by atoms with E-state index in [1.165, 1.54) is 25.7 Å². The Morgan fingerprint density at radius 1 is 1.37 bits per heavy atom. The van der Waals surface area contributed by atoms with Crippen LogP contribution in [0.3, 0.4) is 0 Å². The van der Waals surface area contributed by atoms with Crippen molar-refractivity contribution in [2.75, 3.05) is 11.4 Å². The van der Waals surface area contributed by atoms with Crippen LogP contribution in [0.25, 0.3) is 0 Å². The molecule has 1 fully saturated rings. The minimum atomic E-state index is 0.555. The lowest BCUT2D eigenvalue weighted by molar-refractivity contribution is 0.112. The van der Waals surface area contributed by atoms with E-state index in [1.54, 1.807) is 6.07 Å². The first-order chi connectivity index (χ1) is 9.11. The molecule has 1 saturated carbocycles. The molecule has 0 amide bonds. The van der Waals surface area contributed by atoms with Gasteiger partial charge in [-0.25, -0.2) is 0 Å². The van der Waals surface area contributed by atoms with E-state index in [0.717, 1.165) is 24.1 Å². The zero-order valence-electron chi connectivity index (χ0n) is 11.7. The van der Waals surface area contributed by atoms with Gasteiger partial charge in [-0.15, -0.1) is 0 Å². The Balaban J connectivity index is 2.35. The third kappa shape index (κ3) is 3.50. The third-order valence-corrected chi connectivity index (χ3v) is 3.99. The van der Waals surface area contributed by atoms with Gasteiger partial charge in [0.25, 0.3) is 0 Å². The second kappa shape index (κ2) is 6.42. The van der Waals surface area contributed by atoms with Crippen LogP contribution >= 0.6 is 11.6 Å². The summed E-state index contributed by atoms with van der Waals surface area (Å²) < 4.78 is 0. The average Bonchev–Trinajstić information content (AvgIpc) is 2.89. The standard InChI is InChI=1S/C16H22ClNO/c1-12(2)10-18(15-5-3-4-6-15)16-9-14(17)8-7-13(16)11-19/h7-9,11-12,15H,3-6,10H2,1-2H3. The summed E-state index contributed by atoms with van der Waals surface area (Å²) in [6.45, 7) is 5.41. The molecule has 0 spiro atoms. The normalized spacial score (nSPS) is 16.0. The molecule has 0 heterocycles. The van der Waals surface area contributed by atoms with Crippen LogP contribution in [0, 0.1) is 5.92 Å². The van der Waals surface area contributed by atoms with E-state index in [9.17, 15) is 4.79 Å². The van der Waals surface area contributed by atoms with Crippen molar-refractivity contribution in [3.05, 3.63) is 28.8 Å². The molecule has 1 aromatic carbocycles. The monoisotopic (exact) mass is 279 g/mol. The van der Waals surface area contributed by atoms with Crippen molar-refractivity contribution in [1.82, 2.24) is 0 Å². The van der Waals surface area contributed by atoms with Crippen LogP contribution in [0.4, 0.5) is 5.69 Å². The zero-order chi connectivity index (χ0) is 13.8. The van der Waals surface area contributed by atoms with E-state index in [2.05, 4.69) is 18.7 Å². The van der Waals surface area contributed by atoms with Gasteiger partial charge in [0.2, 0.25) is 0 Å². The number of nitrogens with zero attached hydrogens (tertiary/aromatic N) is 1. The number of halogens is 1. The third-order valence-electron chi connectivity index (χ3n) is 3.76. The SMILES string of the molecule is CC(C)CN(c1cc(Cl)ccc1C=O)C1CCCC1. The number of hydrogen-bond acceptors (Lipinski definition) is 2. The molecule has 19 heavy (non-hydrogen) atoms. The van der Waals surface area contributed by atoms with Gasteiger partial charge in [0.05, 0.1) is 0 Å². The van der Waals surface area contributed by atoms with Crippen molar-refractivity contribution in [2.45, 2.75) is 45.6 Å². The van der Waals surface area contributed by atoms with E-state index < -0.39 is 0 Å². The van der Waals surface area contributed by atoms with E-state index >= 15 is 0 Å². The lowest BCUT2D eigenvalue weighted by Gasteiger charge is -2.33. The number of aldehydes is 1. The second-order valence-electron chi connectivity index (χ2n) is 5.81. The summed E-state index contributed by atoms with van der Waals surface area (Å²) in [7, 11) is 0. The van der Waals surface area contributed by atoms with E-state index in [4.69, 9.17) is 11.6 Å². The van der Waals surface area contributed by atoms with Crippen LogP contribution in [-0.2, 0) is 0 Å². The van der Waals surface area contributed by atoms with Crippen LogP contribution in [0.5, 0.6) is 0 Å². The smallest absolute Gasteiger partial charge is 0.152 e. The molecule has 2 rings (SSSR count). The number of benzene rings is 1. The van der Waals surface area contributed by atoms with Crippen molar-refractivity contribution in [2.24, 2.45) is 5.92 Å². The molecule has 0 aliphatic heterocycles. The topological polar surface area (TPSA) is 20.3 Å². The largest absolute Gasteiger partial charge is 0.368 e. The molecule has 0 N–H and O–H groups in total. The van der Waals surface area contributed by atoms with Crippen molar-refractivity contribution in [1.29, 1.82) is 0 Å². The molecular formula is C16H22ClNO. The Labute approximate surface area is 120 Å². The predicted octanol–water partition coefficient (Wildman–Crippen LogP) is 4.56. The Hall–Kier alpha value is -1.02. The molecule has 0 radical (unpaired) electrons. The Bertz CT molecular complexity index is 438. The summed E-state index contributed by atoms with van der Waals surface area (Å²) in [4.78, 5) is 13.7. The summed E-state index contributed by atoms with van der Waals surface area (Å²) in [6.07, 6.45) is 5.95. The molecule has 0 atom stereocenters. The molecule has 2 nitrogen and oxygen atoms in total. The van der Waals surface area contributed by atoms with Crippen LogP contribution in [0.1, 0.15) is 49.9 Å². The van der Waals surface area contributed by atoms with Gasteiger partial charge in [0.15, 0.2) is 6.29 Å². The summed E-state index contributed by atoms with van der Waals surface area (Å²) in [5, 5.41) is 0.701. The van der Waals surface area contributed by atoms with Gasteiger partial charge in [0, 0.05) is 28.9 Å². The fraction of sp³-hybridized carbons (Fsp3) is 0.562. The van der Waals surface area contributed by atoms with Crippen molar-refractivity contribution >= 4 is 23.6 Å². The predicted molar refractivity (Wildman–Crippen MR) is 81.3 cm³/mol. The summed E-state index contributed by atoms with van der Waals surface area (Å²) in [5.41, 5.74) is 1.75. The molecule has 104 valence electrons. The quantitative estimate of drug-likeness (QED) is 0.737. The minimum Gasteiger partial charge on any atom is -0.368 e. The fourth-order valence-electron chi connectivity index (χ4n) is 2.92. The highest BCUT2D eigenvalue weighted by atomic mass is 35.5. The Morgan fingerprint density at radius 3 is 2.63 bits per heavy atom. The van der Waals surface area contributed by atoms with Gasteiger partial charge < -0.3 is 4.90 Å². The highest BCUT2D eigenvalue weighted by Crippen LogP contribution is 2.32. The van der Waals surface area contributed by atoms with Gasteiger partial charge in [-0.05, 0) is 37.0 Å². The van der Waals surface area contributed by atoms with E-state index in [-0.39, 0.29) is 0 Å². The molecule has 1 aliphatic carbocycles. The maximum absolute atomic E-state index is 11.3. The van der Waals surface area contributed by atoms with E-state index in [0.29, 0.717) is 17.0 Å². The van der Waals surface area contributed by atoms with Gasteiger partial charge in [0.1, 0.15) is 0 Å². The van der Waals surface area contributed by atoms with Gasteiger partial charge in [-0.2, -0.15) is 0 Å². The number of hydrogen-bond donors (Lipinski definition) is 0. The number of anilines is 1. The molecule has 0 unspecified atom stereocenters. The van der Waals surface area contributed by atoms with Crippen LogP contribution in [0.2, 0.25) is 5.02 Å². The molecule has 0 aromatic heterocycles. The first kappa shape index (κ1) is 14.4. The first-order valence-corrected chi connectivity index (χ1v) is 7.51. The average molecular weight is 280 g/mol. The lowest BCUT2D eigenvalue weighted by atomic mass is 10.1. The molecule has 1 aliphatic rings. The Kier molecular flexibility index (Phi) is 4.87. The maximum Gasteiger partial charge on any atom is 0.152 e. The highest BCUT2D eigenvalue weighted by molar-refractivity contribution is 6.31. The maximum atomic E-state index is 11.3. The number of rotatable bonds is 5. The van der Waals surface area contributed by atoms with Crippen molar-refractivity contribution in [3.8, 4) is 0 Å². The molecule has 0 saturated heterocycles. The Morgan fingerprint density at radius 2 is 2.05 bits per heavy atom. The zero-order valence-corrected chi connectivity index (χ0v) is 12.5. The summed E-state index contributed by atoms with van der Waals surface area (Å²) in [6, 6.07) is 6.11. The van der Waals surface area contributed by atoms with E-state index in [1.807, 2.05) is 12.1 Å². The molecule has 3 heteroatoms. The van der Waals surface area contributed by atoms with Crippen molar-refractivity contribution in [3.63, 3.8) is 0 Å². The first-order valence-electron chi connectivity index (χ1n) is 7.13. The van der Waals surface area contributed by atoms with Gasteiger partial charge in [-0.1, -0.05) is 38.3 Å². The van der Waals surface area contributed by atoms with Gasteiger partial charge >= 0.3 is 0 Å². The number of carbonyl (C=O) groups is 1. The summed E-state index contributed by atoms with van der Waals surface area (Å²) >= 11 is 6.12. The summed E-state index contributed by atoms with van der Waals surface area (Å²) in [5.74, 6) is 0.569. The lowest BCUT2D eigenvalue weighted by Crippen LogP contribution is -2.37. The molecular weight excluding hydrogens is 258 g/mol. The second-order valence-corrected chi connectivity index (χ2v) is 6.24. The van der Waals surface area contributed by atoms with Gasteiger partial charge in [-0.3, -0.25) is 4.79 Å². The van der Waals surface area contributed by atoms with Crippen LogP contribution in [0.15, 0.2) is 18.2 Å². The van der Waals surface area contributed by atoms with Crippen LogP contribution in [-0.4, -0.2) is 18.9 Å².